The van der Waals surface area contributed by atoms with Gasteiger partial charge < -0.3 is 5.32 Å². The first kappa shape index (κ1) is 13.1. The van der Waals surface area contributed by atoms with Crippen LogP contribution in [0, 0.1) is 0 Å². The largest absolute Gasteiger partial charge is 0.310 e. The minimum atomic E-state index is 0.264. The summed E-state index contributed by atoms with van der Waals surface area (Å²) in [5.41, 5.74) is 3.12. The van der Waals surface area contributed by atoms with Crippen molar-refractivity contribution in [3.63, 3.8) is 0 Å². The first-order chi connectivity index (χ1) is 8.61. The molecular weight excluding hydrogens is 246 g/mol. The Bertz CT molecular complexity index is 534. The van der Waals surface area contributed by atoms with Crippen molar-refractivity contribution in [2.24, 2.45) is 7.05 Å². The Morgan fingerprint density at radius 2 is 2.17 bits per heavy atom. The van der Waals surface area contributed by atoms with Gasteiger partial charge >= 0.3 is 0 Å². The number of halogens is 1. The van der Waals surface area contributed by atoms with Crippen LogP contribution in [0.3, 0.4) is 0 Å². The minimum Gasteiger partial charge on any atom is -0.310 e. The topological polar surface area (TPSA) is 29.9 Å². The van der Waals surface area contributed by atoms with Crippen LogP contribution in [0.2, 0.25) is 5.02 Å². The second-order valence-corrected chi connectivity index (χ2v) is 4.80. The van der Waals surface area contributed by atoms with E-state index in [4.69, 9.17) is 11.6 Å². The van der Waals surface area contributed by atoms with Gasteiger partial charge in [0.1, 0.15) is 0 Å². The van der Waals surface area contributed by atoms with Gasteiger partial charge in [-0.3, -0.25) is 4.68 Å². The van der Waals surface area contributed by atoms with Crippen LogP contribution in [0.5, 0.6) is 0 Å². The summed E-state index contributed by atoms with van der Waals surface area (Å²) in [6, 6.07) is 8.36. The Morgan fingerprint density at radius 1 is 1.39 bits per heavy atom. The zero-order valence-corrected chi connectivity index (χ0v) is 11.7. The molecule has 0 radical (unpaired) electrons. The lowest BCUT2D eigenvalue weighted by atomic mass is 10.0. The molecule has 0 aliphatic carbocycles. The summed E-state index contributed by atoms with van der Waals surface area (Å²) in [5, 5.41) is 8.52. The highest BCUT2D eigenvalue weighted by atomic mass is 35.5. The van der Waals surface area contributed by atoms with Gasteiger partial charge in [0.05, 0.1) is 5.69 Å². The van der Waals surface area contributed by atoms with E-state index in [9.17, 15) is 0 Å². The van der Waals surface area contributed by atoms with Crippen molar-refractivity contribution in [2.75, 3.05) is 6.54 Å². The predicted octanol–water partition coefficient (Wildman–Crippen LogP) is 3.41. The summed E-state index contributed by atoms with van der Waals surface area (Å²) >= 11 is 6.34. The lowest BCUT2D eigenvalue weighted by Crippen LogP contribution is -2.17. The third-order valence-corrected chi connectivity index (χ3v) is 3.31. The van der Waals surface area contributed by atoms with E-state index < -0.39 is 0 Å². The van der Waals surface area contributed by atoms with Gasteiger partial charge in [-0.25, -0.2) is 0 Å². The van der Waals surface area contributed by atoms with Crippen LogP contribution in [0.4, 0.5) is 0 Å². The number of hydrogen-bond donors (Lipinski definition) is 1. The lowest BCUT2D eigenvalue weighted by Gasteiger charge is -2.14. The van der Waals surface area contributed by atoms with Crippen LogP contribution >= 0.6 is 11.6 Å². The second kappa shape index (κ2) is 5.55. The van der Waals surface area contributed by atoms with E-state index >= 15 is 0 Å². The molecule has 1 atom stereocenters. The molecule has 1 unspecified atom stereocenters. The van der Waals surface area contributed by atoms with Crippen molar-refractivity contribution in [3.8, 4) is 11.3 Å². The van der Waals surface area contributed by atoms with Crippen LogP contribution in [0.25, 0.3) is 11.3 Å². The molecule has 2 aromatic rings. The number of nitrogens with zero attached hydrogens (tertiary/aromatic N) is 2. The number of nitrogens with one attached hydrogen (secondary N) is 1. The molecule has 0 aliphatic rings. The molecule has 18 heavy (non-hydrogen) atoms. The Kier molecular flexibility index (Phi) is 4.04. The highest BCUT2D eigenvalue weighted by molar-refractivity contribution is 6.31. The first-order valence-corrected chi connectivity index (χ1v) is 6.52. The van der Waals surface area contributed by atoms with Gasteiger partial charge in [0.15, 0.2) is 0 Å². The highest BCUT2D eigenvalue weighted by Gasteiger charge is 2.10. The maximum Gasteiger partial charge on any atom is 0.0923 e. The summed E-state index contributed by atoms with van der Waals surface area (Å²) < 4.78 is 1.79. The summed E-state index contributed by atoms with van der Waals surface area (Å²) in [4.78, 5) is 0. The Morgan fingerprint density at radius 3 is 2.72 bits per heavy atom. The standard InChI is InChI=1S/C14H18ClN3/c1-4-16-10(2)12-6-5-11(9-13(12)15)14-7-8-18(3)17-14/h5-10,16H,4H2,1-3H3. The van der Waals surface area contributed by atoms with Crippen molar-refractivity contribution in [3.05, 3.63) is 41.0 Å². The molecule has 96 valence electrons. The van der Waals surface area contributed by atoms with Gasteiger partial charge in [0, 0.05) is 29.9 Å². The fourth-order valence-corrected chi connectivity index (χ4v) is 2.37. The van der Waals surface area contributed by atoms with Gasteiger partial charge in [-0.05, 0) is 31.2 Å². The molecule has 1 N–H and O–H groups in total. The Labute approximate surface area is 113 Å². The summed E-state index contributed by atoms with van der Waals surface area (Å²) in [6.45, 7) is 5.14. The van der Waals surface area contributed by atoms with Gasteiger partial charge in [-0.2, -0.15) is 5.10 Å². The molecule has 0 spiro atoms. The molecule has 0 bridgehead atoms. The molecule has 0 amide bonds. The van der Waals surface area contributed by atoms with E-state index in [2.05, 4.69) is 36.4 Å². The zero-order chi connectivity index (χ0) is 13.1. The average Bonchev–Trinajstić information content (AvgIpc) is 2.76. The number of aryl methyl sites for hydroxylation is 1. The summed E-state index contributed by atoms with van der Waals surface area (Å²) in [5.74, 6) is 0. The fourth-order valence-electron chi connectivity index (χ4n) is 2.02. The number of benzene rings is 1. The predicted molar refractivity (Wildman–Crippen MR) is 75.7 cm³/mol. The van der Waals surface area contributed by atoms with Gasteiger partial charge in [-0.15, -0.1) is 0 Å². The molecule has 0 fully saturated rings. The maximum absolute atomic E-state index is 6.34. The van der Waals surface area contributed by atoms with Crippen LogP contribution in [-0.4, -0.2) is 16.3 Å². The smallest absolute Gasteiger partial charge is 0.0923 e. The zero-order valence-electron chi connectivity index (χ0n) is 10.9. The van der Waals surface area contributed by atoms with Gasteiger partial charge in [-0.1, -0.05) is 30.7 Å². The molecule has 1 aromatic carbocycles. The summed E-state index contributed by atoms with van der Waals surface area (Å²) in [6.07, 6.45) is 1.93. The van der Waals surface area contributed by atoms with Crippen LogP contribution in [0.15, 0.2) is 30.5 Å². The van der Waals surface area contributed by atoms with Crippen molar-refractivity contribution >= 4 is 11.6 Å². The molecule has 1 aromatic heterocycles. The Balaban J connectivity index is 2.30. The van der Waals surface area contributed by atoms with E-state index in [-0.39, 0.29) is 6.04 Å². The monoisotopic (exact) mass is 263 g/mol. The van der Waals surface area contributed by atoms with Crippen molar-refractivity contribution < 1.29 is 0 Å². The third kappa shape index (κ3) is 2.74. The van der Waals surface area contributed by atoms with Crippen LogP contribution < -0.4 is 5.32 Å². The van der Waals surface area contributed by atoms with E-state index in [0.29, 0.717) is 0 Å². The van der Waals surface area contributed by atoms with E-state index in [1.165, 1.54) is 0 Å². The maximum atomic E-state index is 6.34. The molecule has 0 saturated heterocycles. The van der Waals surface area contributed by atoms with Crippen LogP contribution in [-0.2, 0) is 7.05 Å². The molecule has 2 rings (SSSR count). The van der Waals surface area contributed by atoms with Crippen molar-refractivity contribution in [1.29, 1.82) is 0 Å². The summed E-state index contributed by atoms with van der Waals surface area (Å²) in [7, 11) is 1.91. The number of rotatable bonds is 4. The van der Waals surface area contributed by atoms with Crippen molar-refractivity contribution in [2.45, 2.75) is 19.9 Å². The number of hydrogen-bond acceptors (Lipinski definition) is 2. The number of aromatic nitrogens is 2. The normalized spacial score (nSPS) is 12.7. The molecular formula is C14H18ClN3. The van der Waals surface area contributed by atoms with Crippen LogP contribution in [0.1, 0.15) is 25.5 Å². The van der Waals surface area contributed by atoms with E-state index in [1.807, 2.05) is 25.4 Å². The minimum absolute atomic E-state index is 0.264. The molecule has 4 heteroatoms. The SMILES string of the molecule is CCNC(C)c1ccc(-c2ccn(C)n2)cc1Cl. The fraction of sp³-hybridized carbons (Fsp3) is 0.357. The molecule has 0 aliphatic heterocycles. The highest BCUT2D eigenvalue weighted by Crippen LogP contribution is 2.28. The van der Waals surface area contributed by atoms with Crippen molar-refractivity contribution in [1.82, 2.24) is 15.1 Å². The molecule has 3 nitrogen and oxygen atoms in total. The average molecular weight is 264 g/mol. The third-order valence-electron chi connectivity index (χ3n) is 2.99. The molecule has 1 heterocycles. The van der Waals surface area contributed by atoms with E-state index in [1.54, 1.807) is 4.68 Å². The van der Waals surface area contributed by atoms with Gasteiger partial charge in [0.25, 0.3) is 0 Å². The van der Waals surface area contributed by atoms with Gasteiger partial charge in [0.2, 0.25) is 0 Å². The second-order valence-electron chi connectivity index (χ2n) is 4.39. The Hall–Kier alpha value is -1.32. The first-order valence-electron chi connectivity index (χ1n) is 6.14. The quantitative estimate of drug-likeness (QED) is 0.916. The lowest BCUT2D eigenvalue weighted by molar-refractivity contribution is 0.598. The van der Waals surface area contributed by atoms with E-state index in [0.717, 1.165) is 28.4 Å². The molecule has 0 saturated carbocycles.